The molecule has 1 heterocycles. The first-order chi connectivity index (χ1) is 7.31. The number of hydrogen-bond acceptors (Lipinski definition) is 4. The lowest BCUT2D eigenvalue weighted by atomic mass is 10.2. The van der Waals surface area contributed by atoms with Gasteiger partial charge in [0.25, 0.3) is 0 Å². The molecule has 0 saturated carbocycles. The second-order valence-electron chi connectivity index (χ2n) is 3.37. The number of carbonyl (C=O) groups excluding carboxylic acids is 1. The summed E-state index contributed by atoms with van der Waals surface area (Å²) in [6.07, 6.45) is -0.938. The predicted molar refractivity (Wildman–Crippen MR) is 52.0 cm³/mol. The molecule has 0 aliphatic carbocycles. The molecule has 0 radical (unpaired) electrons. The molecule has 2 atom stereocenters. The molecule has 1 N–H and O–H groups in total. The van der Waals surface area contributed by atoms with Crippen molar-refractivity contribution in [3.8, 4) is 0 Å². The number of aliphatic hydroxyl groups excluding tert-OH is 1. The third-order valence-electron chi connectivity index (χ3n) is 2.22. The second-order valence-corrected chi connectivity index (χ2v) is 3.37. The molecule has 1 aliphatic heterocycles. The van der Waals surface area contributed by atoms with Crippen LogP contribution in [0.25, 0.3) is 0 Å². The molecule has 1 aromatic carbocycles. The number of rotatable bonds is 4. The largest absolute Gasteiger partial charge is 0.459 e. The average molecular weight is 208 g/mol. The highest BCUT2D eigenvalue weighted by Gasteiger charge is 2.45. The van der Waals surface area contributed by atoms with E-state index < -0.39 is 12.1 Å². The highest BCUT2D eigenvalue weighted by molar-refractivity contribution is 5.78. The zero-order valence-corrected chi connectivity index (χ0v) is 8.13. The Morgan fingerprint density at radius 3 is 2.73 bits per heavy atom. The number of aliphatic hydroxyl groups is 1. The summed E-state index contributed by atoms with van der Waals surface area (Å²) in [4.78, 5) is 11.3. The van der Waals surface area contributed by atoms with Gasteiger partial charge >= 0.3 is 5.97 Å². The normalized spacial score (nSPS) is 23.5. The van der Waals surface area contributed by atoms with Gasteiger partial charge in [-0.15, -0.1) is 0 Å². The Labute approximate surface area is 87.4 Å². The van der Waals surface area contributed by atoms with Gasteiger partial charge in [0.2, 0.25) is 0 Å². The first-order valence-electron chi connectivity index (χ1n) is 4.78. The quantitative estimate of drug-likeness (QED) is 0.578. The lowest BCUT2D eigenvalue weighted by molar-refractivity contribution is -0.146. The van der Waals surface area contributed by atoms with Crippen molar-refractivity contribution in [3.05, 3.63) is 35.9 Å². The molecule has 15 heavy (non-hydrogen) atoms. The highest BCUT2D eigenvalue weighted by Crippen LogP contribution is 2.22. The maximum Gasteiger partial charge on any atom is 0.338 e. The van der Waals surface area contributed by atoms with Gasteiger partial charge in [0, 0.05) is 0 Å². The van der Waals surface area contributed by atoms with Crippen molar-refractivity contribution < 1.29 is 19.4 Å². The van der Waals surface area contributed by atoms with Crippen molar-refractivity contribution in [1.29, 1.82) is 0 Å². The molecular formula is C11H12O4. The molecule has 1 aliphatic rings. The van der Waals surface area contributed by atoms with Crippen LogP contribution < -0.4 is 0 Å². The molecule has 2 rings (SSSR count). The van der Waals surface area contributed by atoms with Gasteiger partial charge < -0.3 is 14.6 Å². The molecular weight excluding hydrogens is 196 g/mol. The summed E-state index contributed by atoms with van der Waals surface area (Å²) in [5.41, 5.74) is 0.937. The third-order valence-corrected chi connectivity index (χ3v) is 2.22. The van der Waals surface area contributed by atoms with Crippen LogP contribution in [-0.4, -0.2) is 29.9 Å². The molecule has 1 fully saturated rings. The molecule has 80 valence electrons. The van der Waals surface area contributed by atoms with Crippen LogP contribution in [-0.2, 0) is 20.9 Å². The van der Waals surface area contributed by atoms with Crippen LogP contribution in [0.1, 0.15) is 5.56 Å². The molecule has 0 aromatic heterocycles. The number of ether oxygens (including phenoxy) is 2. The fraction of sp³-hybridized carbons (Fsp3) is 0.364. The highest BCUT2D eigenvalue weighted by atomic mass is 16.6. The van der Waals surface area contributed by atoms with E-state index in [1.807, 2.05) is 30.3 Å². The van der Waals surface area contributed by atoms with Crippen LogP contribution in [0.3, 0.4) is 0 Å². The molecule has 2 unspecified atom stereocenters. The summed E-state index contributed by atoms with van der Waals surface area (Å²) in [6, 6.07) is 9.42. The Bertz CT molecular complexity index is 336. The van der Waals surface area contributed by atoms with Gasteiger partial charge in [-0.2, -0.15) is 0 Å². The van der Waals surface area contributed by atoms with Crippen LogP contribution in [0.2, 0.25) is 0 Å². The van der Waals surface area contributed by atoms with Gasteiger partial charge in [-0.25, -0.2) is 4.79 Å². The van der Waals surface area contributed by atoms with Gasteiger partial charge in [-0.3, -0.25) is 0 Å². The molecule has 0 bridgehead atoms. The van der Waals surface area contributed by atoms with E-state index in [9.17, 15) is 4.79 Å². The molecule has 4 nitrogen and oxygen atoms in total. The summed E-state index contributed by atoms with van der Waals surface area (Å²) in [5.74, 6) is -0.405. The predicted octanol–water partition coefficient (Wildman–Crippen LogP) is 0.489. The summed E-state index contributed by atoms with van der Waals surface area (Å²) in [6.45, 7) is 0.114. The lowest BCUT2D eigenvalue weighted by Gasteiger charge is -2.02. The first kappa shape index (κ1) is 10.1. The van der Waals surface area contributed by atoms with Crippen molar-refractivity contribution in [1.82, 2.24) is 0 Å². The summed E-state index contributed by atoms with van der Waals surface area (Å²) in [5, 5.41) is 8.68. The number of carbonyl (C=O) groups is 1. The monoisotopic (exact) mass is 208 g/mol. The number of benzene rings is 1. The summed E-state index contributed by atoms with van der Waals surface area (Å²) in [7, 11) is 0. The number of epoxide rings is 1. The van der Waals surface area contributed by atoms with E-state index in [0.717, 1.165) is 5.56 Å². The molecule has 1 aromatic rings. The van der Waals surface area contributed by atoms with Crippen molar-refractivity contribution in [3.63, 3.8) is 0 Å². The van der Waals surface area contributed by atoms with Gasteiger partial charge in [0.1, 0.15) is 12.7 Å². The van der Waals surface area contributed by atoms with E-state index in [-0.39, 0.29) is 19.3 Å². The van der Waals surface area contributed by atoms with Crippen molar-refractivity contribution in [2.24, 2.45) is 0 Å². The maximum absolute atomic E-state index is 11.3. The van der Waals surface area contributed by atoms with E-state index in [1.54, 1.807) is 0 Å². The summed E-state index contributed by atoms with van der Waals surface area (Å²) < 4.78 is 9.90. The van der Waals surface area contributed by atoms with Gasteiger partial charge in [0.05, 0.1) is 6.61 Å². The zero-order valence-electron chi connectivity index (χ0n) is 8.13. The molecule has 1 saturated heterocycles. The van der Waals surface area contributed by atoms with Crippen LogP contribution >= 0.6 is 0 Å². The summed E-state index contributed by atoms with van der Waals surface area (Å²) >= 11 is 0. The van der Waals surface area contributed by atoms with E-state index >= 15 is 0 Å². The van der Waals surface area contributed by atoms with Crippen LogP contribution in [0.4, 0.5) is 0 Å². The first-order valence-corrected chi connectivity index (χ1v) is 4.78. The minimum absolute atomic E-state index is 0.134. The van der Waals surface area contributed by atoms with Crippen LogP contribution in [0.15, 0.2) is 30.3 Å². The van der Waals surface area contributed by atoms with E-state index in [0.29, 0.717) is 0 Å². The van der Waals surface area contributed by atoms with E-state index in [1.165, 1.54) is 0 Å². The number of hydrogen-bond donors (Lipinski definition) is 1. The third kappa shape index (κ3) is 2.55. The SMILES string of the molecule is O=C(OCc1ccccc1)C1OC1CO. The molecule has 0 amide bonds. The van der Waals surface area contributed by atoms with Crippen molar-refractivity contribution in [2.75, 3.05) is 6.61 Å². The van der Waals surface area contributed by atoms with Crippen LogP contribution in [0, 0.1) is 0 Å². The standard InChI is InChI=1S/C11H12O4/c12-6-9-10(15-9)11(13)14-7-8-4-2-1-3-5-8/h1-5,9-10,12H,6-7H2. The fourth-order valence-electron chi connectivity index (χ4n) is 1.30. The minimum atomic E-state index is -0.571. The smallest absolute Gasteiger partial charge is 0.338 e. The Morgan fingerprint density at radius 1 is 1.40 bits per heavy atom. The Hall–Kier alpha value is -1.39. The van der Waals surface area contributed by atoms with Crippen molar-refractivity contribution in [2.45, 2.75) is 18.8 Å². The fourth-order valence-corrected chi connectivity index (χ4v) is 1.30. The average Bonchev–Trinajstić information content (AvgIpc) is 3.06. The Morgan fingerprint density at radius 2 is 2.13 bits per heavy atom. The zero-order chi connectivity index (χ0) is 10.7. The Kier molecular flexibility index (Phi) is 2.99. The minimum Gasteiger partial charge on any atom is -0.459 e. The van der Waals surface area contributed by atoms with Gasteiger partial charge in [-0.05, 0) is 5.56 Å². The van der Waals surface area contributed by atoms with Gasteiger partial charge in [0.15, 0.2) is 6.10 Å². The lowest BCUT2D eigenvalue weighted by Crippen LogP contribution is -2.15. The van der Waals surface area contributed by atoms with E-state index in [2.05, 4.69) is 0 Å². The second kappa shape index (κ2) is 4.42. The van der Waals surface area contributed by atoms with Gasteiger partial charge in [-0.1, -0.05) is 30.3 Å². The van der Waals surface area contributed by atoms with Crippen LogP contribution in [0.5, 0.6) is 0 Å². The number of esters is 1. The topological polar surface area (TPSA) is 59.1 Å². The van der Waals surface area contributed by atoms with E-state index in [4.69, 9.17) is 14.6 Å². The maximum atomic E-state index is 11.3. The Balaban J connectivity index is 1.77. The molecule has 0 spiro atoms. The molecule has 4 heteroatoms. The van der Waals surface area contributed by atoms with Crippen molar-refractivity contribution >= 4 is 5.97 Å².